The molecule has 1 atom stereocenters. The van der Waals surface area contributed by atoms with Crippen molar-refractivity contribution < 1.29 is 22.9 Å². The number of rotatable bonds is 6. The Morgan fingerprint density at radius 2 is 1.85 bits per heavy atom. The van der Waals surface area contributed by atoms with Crippen LogP contribution >= 0.6 is 18.4 Å². The largest absolute Gasteiger partial charge is 0.448 e. The number of oxime groups is 1. The predicted octanol–water partition coefficient (Wildman–Crippen LogP) is 1.78. The Kier molecular flexibility index (Phi) is 9.07. The van der Waals surface area contributed by atoms with Gasteiger partial charge in [-0.3, -0.25) is 4.84 Å². The minimum atomic E-state index is -2.89. The van der Waals surface area contributed by atoms with Gasteiger partial charge in [0.2, 0.25) is 11.2 Å². The summed E-state index contributed by atoms with van der Waals surface area (Å²) in [7, 11) is 5.43. The van der Waals surface area contributed by atoms with Gasteiger partial charge in [-0.1, -0.05) is 5.16 Å². The molecular formula is C8H18N3O5PS3. The molecule has 0 heterocycles. The van der Waals surface area contributed by atoms with E-state index in [4.69, 9.17) is 20.9 Å². The highest BCUT2D eigenvalue weighted by Gasteiger charge is 2.32. The molecule has 0 aromatic rings. The Balaban J connectivity index is 4.86. The molecule has 0 aliphatic rings. The molecule has 0 aromatic carbocycles. The Morgan fingerprint density at radius 3 is 2.25 bits per heavy atom. The van der Waals surface area contributed by atoms with Gasteiger partial charge >= 0.3 is 6.09 Å². The maximum Gasteiger partial charge on any atom is 0.448 e. The van der Waals surface area contributed by atoms with Gasteiger partial charge in [0.1, 0.15) is 5.04 Å². The average Bonchev–Trinajstić information content (AvgIpc) is 2.48. The van der Waals surface area contributed by atoms with E-state index in [9.17, 15) is 9.00 Å². The van der Waals surface area contributed by atoms with Crippen LogP contribution in [0.4, 0.5) is 4.79 Å². The van der Waals surface area contributed by atoms with E-state index in [1.807, 2.05) is 0 Å². The second-order valence-electron chi connectivity index (χ2n) is 3.20. The average molecular weight is 363 g/mol. The molecule has 0 rings (SSSR count). The van der Waals surface area contributed by atoms with Crippen LogP contribution in [-0.2, 0) is 36.9 Å². The minimum Gasteiger partial charge on any atom is -0.321 e. The van der Waals surface area contributed by atoms with Crippen molar-refractivity contribution in [3.8, 4) is 0 Å². The molecular weight excluding hydrogens is 345 g/mol. The van der Waals surface area contributed by atoms with Crippen molar-refractivity contribution in [3.63, 3.8) is 0 Å². The van der Waals surface area contributed by atoms with Gasteiger partial charge < -0.3 is 9.05 Å². The quantitative estimate of drug-likeness (QED) is 0.234. The van der Waals surface area contributed by atoms with Crippen molar-refractivity contribution in [2.45, 2.75) is 6.92 Å². The van der Waals surface area contributed by atoms with Crippen molar-refractivity contribution in [2.75, 3.05) is 34.6 Å². The summed E-state index contributed by atoms with van der Waals surface area (Å²) in [5.74, 6) is 0. The second kappa shape index (κ2) is 9.08. The van der Waals surface area contributed by atoms with Gasteiger partial charge in [-0.25, -0.2) is 13.3 Å². The van der Waals surface area contributed by atoms with E-state index in [1.165, 1.54) is 40.1 Å². The topological polar surface area (TPSA) is 80.7 Å². The molecule has 20 heavy (non-hydrogen) atoms. The van der Waals surface area contributed by atoms with E-state index in [0.29, 0.717) is 5.04 Å². The number of hydrogen-bond donors (Lipinski definition) is 0. The fourth-order valence-electron chi connectivity index (χ4n) is 0.829. The van der Waals surface area contributed by atoms with Crippen molar-refractivity contribution in [1.82, 2.24) is 8.38 Å². The molecule has 0 N–H and O–H groups in total. The minimum absolute atomic E-state index is 0.560. The lowest BCUT2D eigenvalue weighted by Crippen LogP contribution is -2.36. The molecule has 0 bridgehead atoms. The molecule has 0 saturated carbocycles. The standard InChI is InChI=1S/C8H18N3O5PS3/c1-7(19-6)9-16-8(12)10(2)20(13)11(3)17(18,14-4)15-5/h1-6H3. The van der Waals surface area contributed by atoms with Crippen molar-refractivity contribution in [1.29, 1.82) is 0 Å². The van der Waals surface area contributed by atoms with Crippen molar-refractivity contribution >= 4 is 52.5 Å². The summed E-state index contributed by atoms with van der Waals surface area (Å²) >= 11 is 4.53. The molecule has 12 heteroatoms. The van der Waals surface area contributed by atoms with E-state index < -0.39 is 23.9 Å². The molecule has 0 radical (unpaired) electrons. The molecule has 8 nitrogen and oxygen atoms in total. The molecule has 0 saturated heterocycles. The fraction of sp³-hybridized carbons (Fsp3) is 0.750. The third-order valence-electron chi connectivity index (χ3n) is 2.07. The van der Waals surface area contributed by atoms with Gasteiger partial charge in [0.25, 0.3) is 6.64 Å². The van der Waals surface area contributed by atoms with Crippen molar-refractivity contribution in [2.24, 2.45) is 5.16 Å². The molecule has 0 fully saturated rings. The Morgan fingerprint density at radius 1 is 1.35 bits per heavy atom. The Bertz CT molecular complexity index is 439. The first-order valence-corrected chi connectivity index (χ1v) is 10.0. The zero-order valence-corrected chi connectivity index (χ0v) is 15.4. The molecule has 1 unspecified atom stereocenters. The van der Waals surface area contributed by atoms with Gasteiger partial charge in [-0.2, -0.15) is 0 Å². The number of hydrogen-bond acceptors (Lipinski definition) is 8. The first-order chi connectivity index (χ1) is 9.23. The highest BCUT2D eigenvalue weighted by molar-refractivity contribution is 8.13. The highest BCUT2D eigenvalue weighted by atomic mass is 32.5. The van der Waals surface area contributed by atoms with Crippen LogP contribution in [0.25, 0.3) is 0 Å². The molecule has 1 amide bonds. The summed E-state index contributed by atoms with van der Waals surface area (Å²) in [5.41, 5.74) is 0. The van der Waals surface area contributed by atoms with Crippen LogP contribution in [0.3, 0.4) is 0 Å². The maximum atomic E-state index is 12.2. The Hall–Kier alpha value is -0.0300. The Labute approximate surface area is 130 Å². The van der Waals surface area contributed by atoms with E-state index in [2.05, 4.69) is 9.99 Å². The van der Waals surface area contributed by atoms with Crippen LogP contribution in [0, 0.1) is 0 Å². The normalized spacial score (nSPS) is 14.2. The SMILES string of the molecule is COP(=S)(OC)N(C)S(=O)N(C)C(=O)ON=C(C)SC. The summed E-state index contributed by atoms with van der Waals surface area (Å²) < 4.78 is 24.3. The van der Waals surface area contributed by atoms with Gasteiger partial charge in [-0.05, 0) is 25.0 Å². The smallest absolute Gasteiger partial charge is 0.321 e. The third kappa shape index (κ3) is 5.40. The highest BCUT2D eigenvalue weighted by Crippen LogP contribution is 2.50. The van der Waals surface area contributed by atoms with Gasteiger partial charge in [0, 0.05) is 28.3 Å². The lowest BCUT2D eigenvalue weighted by atomic mass is 10.9. The summed E-state index contributed by atoms with van der Waals surface area (Å²) in [6.45, 7) is -1.21. The number of thioether (sulfide) groups is 1. The van der Waals surface area contributed by atoms with Gasteiger partial charge in [0.05, 0.1) is 0 Å². The van der Waals surface area contributed by atoms with E-state index in [-0.39, 0.29) is 0 Å². The number of nitrogens with zero attached hydrogens (tertiary/aromatic N) is 3. The number of carbonyl (C=O) groups excluding carboxylic acids is 1. The summed E-state index contributed by atoms with van der Waals surface area (Å²) in [6, 6.07) is 0. The zero-order valence-electron chi connectivity index (χ0n) is 12.1. The first kappa shape index (κ1) is 20.0. The number of carbonyl (C=O) groups is 1. The zero-order chi connectivity index (χ0) is 15.9. The van der Waals surface area contributed by atoms with Crippen LogP contribution in [0.15, 0.2) is 5.16 Å². The van der Waals surface area contributed by atoms with Gasteiger partial charge in [0.15, 0.2) is 0 Å². The molecule has 0 aliphatic heterocycles. The molecule has 0 aliphatic carbocycles. The molecule has 0 spiro atoms. The van der Waals surface area contributed by atoms with Crippen molar-refractivity contribution in [3.05, 3.63) is 0 Å². The first-order valence-electron chi connectivity index (χ1n) is 5.14. The van der Waals surface area contributed by atoms with E-state index in [1.54, 1.807) is 13.2 Å². The number of amides is 1. The summed E-state index contributed by atoms with van der Waals surface area (Å²) in [4.78, 5) is 16.3. The lowest BCUT2D eigenvalue weighted by molar-refractivity contribution is 0.135. The third-order valence-corrected chi connectivity index (χ3v) is 8.42. The van der Waals surface area contributed by atoms with Crippen LogP contribution in [0.1, 0.15) is 6.92 Å². The predicted molar refractivity (Wildman–Crippen MR) is 85.1 cm³/mol. The summed E-state index contributed by atoms with van der Waals surface area (Å²) in [6.07, 6.45) is 0.910. The second-order valence-corrected chi connectivity index (χ2v) is 9.68. The lowest BCUT2D eigenvalue weighted by Gasteiger charge is -2.28. The van der Waals surface area contributed by atoms with Crippen LogP contribution in [-0.4, -0.2) is 58.3 Å². The van der Waals surface area contributed by atoms with E-state index in [0.717, 1.165) is 8.38 Å². The summed E-state index contributed by atoms with van der Waals surface area (Å²) in [5, 5.41) is 4.12. The van der Waals surface area contributed by atoms with Crippen LogP contribution in [0.2, 0.25) is 0 Å². The fourth-order valence-corrected chi connectivity index (χ4v) is 3.99. The van der Waals surface area contributed by atoms with E-state index >= 15 is 0 Å². The van der Waals surface area contributed by atoms with Crippen LogP contribution in [0.5, 0.6) is 0 Å². The molecule has 118 valence electrons. The maximum absolute atomic E-state index is 12.2. The van der Waals surface area contributed by atoms with Crippen LogP contribution < -0.4 is 0 Å². The monoisotopic (exact) mass is 363 g/mol. The van der Waals surface area contributed by atoms with Gasteiger partial charge in [-0.15, -0.1) is 15.8 Å². The molecule has 0 aromatic heterocycles.